The van der Waals surface area contributed by atoms with Crippen LogP contribution >= 0.6 is 0 Å². The molecule has 3 heteroatoms. The van der Waals surface area contributed by atoms with Crippen LogP contribution in [0.4, 0.5) is 0 Å². The van der Waals surface area contributed by atoms with Gasteiger partial charge in [-0.15, -0.1) is 0 Å². The molecular weight excluding hydrogens is 132 g/mol. The van der Waals surface area contributed by atoms with E-state index in [-0.39, 0.29) is 0 Å². The molecule has 1 rings (SSSR count). The van der Waals surface area contributed by atoms with Gasteiger partial charge in [0.25, 0.3) is 0 Å². The van der Waals surface area contributed by atoms with Crippen LogP contribution in [0.1, 0.15) is 26.2 Å². The zero-order chi connectivity index (χ0) is 7.78. The molecule has 1 aliphatic rings. The van der Waals surface area contributed by atoms with Gasteiger partial charge in [0, 0.05) is 0 Å². The number of hydrogen-bond acceptors (Lipinski definition) is 2. The van der Waals surface area contributed by atoms with E-state index in [1.165, 1.54) is 6.92 Å². The van der Waals surface area contributed by atoms with Crippen LogP contribution in [0.5, 0.6) is 0 Å². The smallest absolute Gasteiger partial charge is 0.335 e. The highest BCUT2D eigenvalue weighted by atomic mass is 16.4. The largest absolute Gasteiger partial charge is 0.479 e. The Bertz CT molecular complexity index is 147. The fourth-order valence-electron chi connectivity index (χ4n) is 0.971. The monoisotopic (exact) mass is 144 g/mol. The maximum absolute atomic E-state index is 10.3. The lowest BCUT2D eigenvalue weighted by Gasteiger charge is -2.16. The lowest BCUT2D eigenvalue weighted by Crippen LogP contribution is -2.35. The van der Waals surface area contributed by atoms with Crippen LogP contribution in [-0.4, -0.2) is 21.8 Å². The first-order chi connectivity index (χ1) is 4.52. The molecule has 0 heterocycles. The predicted molar refractivity (Wildman–Crippen MR) is 35.6 cm³/mol. The summed E-state index contributed by atoms with van der Waals surface area (Å²) in [6, 6.07) is 0. The predicted octanol–water partition coefficient (Wildman–Crippen LogP) is 0.622. The second-order valence-corrected chi connectivity index (χ2v) is 3.23. The Balaban J connectivity index is 2.40. The first-order valence-corrected chi connectivity index (χ1v) is 3.48. The third kappa shape index (κ3) is 1.70. The Labute approximate surface area is 59.7 Å². The number of aliphatic hydroxyl groups is 1. The van der Waals surface area contributed by atoms with Gasteiger partial charge in [-0.25, -0.2) is 4.79 Å². The third-order valence-corrected chi connectivity index (χ3v) is 1.84. The lowest BCUT2D eigenvalue weighted by atomic mass is 10.00. The highest BCUT2D eigenvalue weighted by molar-refractivity contribution is 5.76. The number of rotatable bonds is 3. The average molecular weight is 144 g/mol. The Kier molecular flexibility index (Phi) is 1.68. The minimum atomic E-state index is -1.50. The summed E-state index contributed by atoms with van der Waals surface area (Å²) < 4.78 is 0. The molecule has 1 aliphatic carbocycles. The van der Waals surface area contributed by atoms with Crippen molar-refractivity contribution >= 4 is 5.97 Å². The zero-order valence-corrected chi connectivity index (χ0v) is 6.00. The fraction of sp³-hybridized carbons (Fsp3) is 0.857. The summed E-state index contributed by atoms with van der Waals surface area (Å²) in [7, 11) is 0. The Morgan fingerprint density at radius 1 is 1.70 bits per heavy atom. The Morgan fingerprint density at radius 3 is 2.50 bits per heavy atom. The molecule has 0 saturated heterocycles. The standard InChI is InChI=1S/C7H12O3/c1-7(10,6(8)9)4-5-2-3-5/h5,10H,2-4H2,1H3,(H,8,9)/t7-/m1/s1. The topological polar surface area (TPSA) is 57.5 Å². The number of carboxylic acid groups (broad SMARTS) is 1. The summed E-state index contributed by atoms with van der Waals surface area (Å²) in [4.78, 5) is 10.3. The van der Waals surface area contributed by atoms with Crippen molar-refractivity contribution in [2.75, 3.05) is 0 Å². The third-order valence-electron chi connectivity index (χ3n) is 1.84. The van der Waals surface area contributed by atoms with Crippen molar-refractivity contribution in [3.05, 3.63) is 0 Å². The molecule has 0 aromatic heterocycles. The van der Waals surface area contributed by atoms with Gasteiger partial charge in [0.1, 0.15) is 0 Å². The SMILES string of the molecule is C[C@@](O)(CC1CC1)C(=O)O. The highest BCUT2D eigenvalue weighted by Crippen LogP contribution is 2.36. The van der Waals surface area contributed by atoms with Crippen molar-refractivity contribution in [3.8, 4) is 0 Å². The Morgan fingerprint density at radius 2 is 2.20 bits per heavy atom. The minimum Gasteiger partial charge on any atom is -0.479 e. The van der Waals surface area contributed by atoms with Crippen LogP contribution in [0.15, 0.2) is 0 Å². The molecule has 1 fully saturated rings. The summed E-state index contributed by atoms with van der Waals surface area (Å²) in [5.41, 5.74) is -1.50. The van der Waals surface area contributed by atoms with Crippen molar-refractivity contribution in [3.63, 3.8) is 0 Å². The van der Waals surface area contributed by atoms with Crippen LogP contribution in [-0.2, 0) is 4.79 Å². The van der Waals surface area contributed by atoms with Gasteiger partial charge in [-0.2, -0.15) is 0 Å². The molecule has 1 atom stereocenters. The van der Waals surface area contributed by atoms with Gasteiger partial charge in [-0.05, 0) is 19.3 Å². The number of hydrogen-bond donors (Lipinski definition) is 2. The summed E-state index contributed by atoms with van der Waals surface area (Å²) >= 11 is 0. The van der Waals surface area contributed by atoms with Gasteiger partial charge < -0.3 is 10.2 Å². The van der Waals surface area contributed by atoms with Crippen molar-refractivity contribution in [1.82, 2.24) is 0 Å². The van der Waals surface area contributed by atoms with Gasteiger partial charge in [-0.3, -0.25) is 0 Å². The average Bonchev–Trinajstić information content (AvgIpc) is 2.48. The highest BCUT2D eigenvalue weighted by Gasteiger charge is 2.36. The van der Waals surface area contributed by atoms with Crippen LogP contribution < -0.4 is 0 Å². The van der Waals surface area contributed by atoms with E-state index in [2.05, 4.69) is 0 Å². The molecule has 3 nitrogen and oxygen atoms in total. The zero-order valence-electron chi connectivity index (χ0n) is 6.00. The van der Waals surface area contributed by atoms with E-state index >= 15 is 0 Å². The van der Waals surface area contributed by atoms with E-state index in [9.17, 15) is 9.90 Å². The van der Waals surface area contributed by atoms with E-state index in [0.29, 0.717) is 12.3 Å². The van der Waals surface area contributed by atoms with Crippen molar-refractivity contribution < 1.29 is 15.0 Å². The summed E-state index contributed by atoms with van der Waals surface area (Å²) in [5.74, 6) is -0.662. The van der Waals surface area contributed by atoms with E-state index in [4.69, 9.17) is 5.11 Å². The second-order valence-electron chi connectivity index (χ2n) is 3.23. The molecule has 0 aromatic carbocycles. The quantitative estimate of drug-likeness (QED) is 0.610. The Hall–Kier alpha value is -0.570. The lowest BCUT2D eigenvalue weighted by molar-refractivity contribution is -0.157. The molecule has 0 bridgehead atoms. The number of carboxylic acids is 1. The van der Waals surface area contributed by atoms with Gasteiger partial charge >= 0.3 is 5.97 Å². The maximum atomic E-state index is 10.3. The molecule has 0 radical (unpaired) electrons. The molecule has 10 heavy (non-hydrogen) atoms. The van der Waals surface area contributed by atoms with Gasteiger partial charge in [0.15, 0.2) is 5.60 Å². The van der Waals surface area contributed by atoms with Crippen LogP contribution in [0.3, 0.4) is 0 Å². The second kappa shape index (κ2) is 2.23. The van der Waals surface area contributed by atoms with E-state index in [0.717, 1.165) is 12.8 Å². The molecule has 58 valence electrons. The molecule has 0 aliphatic heterocycles. The van der Waals surface area contributed by atoms with E-state index in [1.54, 1.807) is 0 Å². The fourth-order valence-corrected chi connectivity index (χ4v) is 0.971. The van der Waals surface area contributed by atoms with Crippen molar-refractivity contribution in [2.24, 2.45) is 5.92 Å². The first-order valence-electron chi connectivity index (χ1n) is 3.48. The van der Waals surface area contributed by atoms with Crippen LogP contribution in [0.2, 0.25) is 0 Å². The van der Waals surface area contributed by atoms with Crippen LogP contribution in [0.25, 0.3) is 0 Å². The molecule has 0 amide bonds. The van der Waals surface area contributed by atoms with Crippen molar-refractivity contribution in [2.45, 2.75) is 31.8 Å². The van der Waals surface area contributed by atoms with Gasteiger partial charge in [0.05, 0.1) is 0 Å². The molecule has 1 saturated carbocycles. The van der Waals surface area contributed by atoms with Crippen molar-refractivity contribution in [1.29, 1.82) is 0 Å². The van der Waals surface area contributed by atoms with Crippen LogP contribution in [0, 0.1) is 5.92 Å². The van der Waals surface area contributed by atoms with Gasteiger partial charge in [0.2, 0.25) is 0 Å². The molecular formula is C7H12O3. The van der Waals surface area contributed by atoms with Gasteiger partial charge in [-0.1, -0.05) is 12.8 Å². The molecule has 0 unspecified atom stereocenters. The molecule has 2 N–H and O–H groups in total. The van der Waals surface area contributed by atoms with E-state index < -0.39 is 11.6 Å². The normalized spacial score (nSPS) is 23.8. The first kappa shape index (κ1) is 7.54. The van der Waals surface area contributed by atoms with E-state index in [1.807, 2.05) is 0 Å². The molecule has 0 spiro atoms. The molecule has 0 aromatic rings. The summed E-state index contributed by atoms with van der Waals surface area (Å²) in [6.45, 7) is 1.35. The maximum Gasteiger partial charge on any atom is 0.335 e. The number of aliphatic carboxylic acids is 1. The summed E-state index contributed by atoms with van der Waals surface area (Å²) in [6.07, 6.45) is 2.55. The minimum absolute atomic E-state index is 0.405. The summed E-state index contributed by atoms with van der Waals surface area (Å²) in [5, 5.41) is 17.7. The number of carbonyl (C=O) groups is 1.